The van der Waals surface area contributed by atoms with Gasteiger partial charge >= 0.3 is 0 Å². The van der Waals surface area contributed by atoms with E-state index in [-0.39, 0.29) is 5.95 Å². The first-order valence-electron chi connectivity index (χ1n) is 10.0. The van der Waals surface area contributed by atoms with Gasteiger partial charge in [-0.15, -0.1) is 0 Å². The van der Waals surface area contributed by atoms with Crippen molar-refractivity contribution in [1.82, 2.24) is 14.9 Å². The zero-order valence-electron chi connectivity index (χ0n) is 16.9. The van der Waals surface area contributed by atoms with E-state index in [2.05, 4.69) is 14.9 Å². The molecule has 0 unspecified atom stereocenters. The minimum Gasteiger partial charge on any atom is -0.492 e. The van der Waals surface area contributed by atoms with E-state index < -0.39 is 0 Å². The summed E-state index contributed by atoms with van der Waals surface area (Å²) in [6.07, 6.45) is 2.09. The summed E-state index contributed by atoms with van der Waals surface area (Å²) in [7, 11) is 0. The number of benzene rings is 2. The molecule has 0 saturated carbocycles. The van der Waals surface area contributed by atoms with Crippen molar-refractivity contribution in [2.45, 2.75) is 26.3 Å². The lowest BCUT2D eigenvalue weighted by Gasteiger charge is -2.32. The number of anilines is 2. The van der Waals surface area contributed by atoms with Crippen molar-refractivity contribution in [3.63, 3.8) is 0 Å². The van der Waals surface area contributed by atoms with Gasteiger partial charge in [0.1, 0.15) is 11.6 Å². The highest BCUT2D eigenvalue weighted by atomic mass is 35.5. The molecule has 0 amide bonds. The number of hydrogen-bond acceptors (Lipinski definition) is 6. The Hall–Kier alpha value is -2.28. The van der Waals surface area contributed by atoms with Crippen molar-refractivity contribution in [2.75, 3.05) is 31.2 Å². The summed E-state index contributed by atoms with van der Waals surface area (Å²) in [5.41, 5.74) is 14.6. The Kier molecular flexibility index (Phi) is 6.18. The molecule has 0 radical (unpaired) electrons. The van der Waals surface area contributed by atoms with Crippen molar-refractivity contribution in [2.24, 2.45) is 5.92 Å². The minimum absolute atomic E-state index is 0.169. The van der Waals surface area contributed by atoms with Gasteiger partial charge < -0.3 is 16.2 Å². The third-order valence-corrected chi connectivity index (χ3v) is 6.29. The van der Waals surface area contributed by atoms with Gasteiger partial charge in [-0.2, -0.15) is 4.98 Å². The van der Waals surface area contributed by atoms with Crippen LogP contribution in [0.4, 0.5) is 11.8 Å². The molecule has 2 heterocycles. The van der Waals surface area contributed by atoms with Crippen LogP contribution in [0.15, 0.2) is 30.3 Å². The fraction of sp³-hybridized carbons (Fsp3) is 0.364. The van der Waals surface area contributed by atoms with Crippen LogP contribution in [-0.4, -0.2) is 34.6 Å². The Morgan fingerprint density at radius 2 is 1.80 bits per heavy atom. The first-order valence-corrected chi connectivity index (χ1v) is 10.8. The fourth-order valence-electron chi connectivity index (χ4n) is 3.95. The molecule has 1 aromatic heterocycles. The first-order chi connectivity index (χ1) is 14.4. The second-order valence-corrected chi connectivity index (χ2v) is 8.67. The average Bonchev–Trinajstić information content (AvgIpc) is 2.69. The normalized spacial score (nSPS) is 15.6. The van der Waals surface area contributed by atoms with Crippen molar-refractivity contribution < 1.29 is 4.74 Å². The van der Waals surface area contributed by atoms with Gasteiger partial charge in [0.2, 0.25) is 5.95 Å². The summed E-state index contributed by atoms with van der Waals surface area (Å²) >= 11 is 12.6. The second kappa shape index (κ2) is 8.84. The molecule has 30 heavy (non-hydrogen) atoms. The Labute approximate surface area is 186 Å². The van der Waals surface area contributed by atoms with Gasteiger partial charge in [0.15, 0.2) is 0 Å². The van der Waals surface area contributed by atoms with Gasteiger partial charge in [0.05, 0.1) is 17.5 Å². The summed E-state index contributed by atoms with van der Waals surface area (Å²) in [4.78, 5) is 10.8. The number of likely N-dealkylation sites (tertiary alicyclic amines) is 1. The predicted octanol–water partition coefficient (Wildman–Crippen LogP) is 4.70. The van der Waals surface area contributed by atoms with Crippen LogP contribution in [0, 0.1) is 12.8 Å². The molecular weight excluding hydrogens is 421 g/mol. The topological polar surface area (TPSA) is 90.3 Å². The standard InChI is InChI=1S/C22H25Cl2N5O/c1-13-9-18-20(21(25)28-22(26)27-18)19(10-13)30-12-14-5-7-29(8-6-14)11-15-16(23)3-2-4-17(15)24/h2-4,9-10,14H,5-8,11-12H2,1H3,(H4,25,26,27,28). The number of aryl methyl sites for hydroxylation is 1. The van der Waals surface area contributed by atoms with E-state index in [0.29, 0.717) is 29.6 Å². The number of piperidine rings is 1. The van der Waals surface area contributed by atoms with Crippen molar-refractivity contribution >= 4 is 45.9 Å². The van der Waals surface area contributed by atoms with Crippen molar-refractivity contribution in [1.29, 1.82) is 0 Å². The molecule has 1 saturated heterocycles. The van der Waals surface area contributed by atoms with Crippen LogP contribution in [0.1, 0.15) is 24.0 Å². The van der Waals surface area contributed by atoms with Gasteiger partial charge in [0.25, 0.3) is 0 Å². The smallest absolute Gasteiger partial charge is 0.222 e. The predicted molar refractivity (Wildman–Crippen MR) is 123 cm³/mol. The molecule has 1 aliphatic rings. The molecular formula is C22H25Cl2N5O. The molecule has 4 N–H and O–H groups in total. The van der Waals surface area contributed by atoms with Gasteiger partial charge in [0, 0.05) is 22.2 Å². The lowest BCUT2D eigenvalue weighted by atomic mass is 9.97. The van der Waals surface area contributed by atoms with Crippen LogP contribution in [-0.2, 0) is 6.54 Å². The first kappa shape index (κ1) is 21.0. The average molecular weight is 446 g/mol. The van der Waals surface area contributed by atoms with Crippen LogP contribution in [0.25, 0.3) is 10.9 Å². The number of nitrogens with two attached hydrogens (primary N) is 2. The maximum Gasteiger partial charge on any atom is 0.222 e. The highest BCUT2D eigenvalue weighted by Gasteiger charge is 2.22. The lowest BCUT2D eigenvalue weighted by Crippen LogP contribution is -2.35. The van der Waals surface area contributed by atoms with Gasteiger partial charge in [-0.1, -0.05) is 29.3 Å². The van der Waals surface area contributed by atoms with Crippen LogP contribution in [0.2, 0.25) is 10.0 Å². The third-order valence-electron chi connectivity index (χ3n) is 5.58. The molecule has 0 atom stereocenters. The maximum atomic E-state index is 6.32. The Morgan fingerprint density at radius 1 is 1.10 bits per heavy atom. The Bertz CT molecular complexity index is 1040. The van der Waals surface area contributed by atoms with E-state index in [0.717, 1.165) is 59.0 Å². The Balaban J connectivity index is 1.39. The fourth-order valence-corrected chi connectivity index (χ4v) is 4.46. The molecule has 1 aliphatic heterocycles. The number of halogens is 2. The third kappa shape index (κ3) is 4.56. The van der Waals surface area contributed by atoms with Gasteiger partial charge in [-0.05, 0) is 68.6 Å². The number of aromatic nitrogens is 2. The van der Waals surface area contributed by atoms with Crippen molar-refractivity contribution in [3.8, 4) is 5.75 Å². The number of fused-ring (bicyclic) bond motifs is 1. The monoisotopic (exact) mass is 445 g/mol. The molecule has 1 fully saturated rings. The highest BCUT2D eigenvalue weighted by molar-refractivity contribution is 6.35. The molecule has 8 heteroatoms. The van der Waals surface area contributed by atoms with E-state index in [4.69, 9.17) is 39.4 Å². The molecule has 0 spiro atoms. The minimum atomic E-state index is 0.169. The molecule has 4 rings (SSSR count). The molecule has 158 valence electrons. The summed E-state index contributed by atoms with van der Waals surface area (Å²) < 4.78 is 6.19. The SMILES string of the molecule is Cc1cc(OCC2CCN(Cc3c(Cl)cccc3Cl)CC2)c2c(N)nc(N)nc2c1. The zero-order chi connectivity index (χ0) is 21.3. The second-order valence-electron chi connectivity index (χ2n) is 7.85. The van der Waals surface area contributed by atoms with Gasteiger partial charge in [-0.3, -0.25) is 4.90 Å². The number of nitrogen functional groups attached to an aromatic ring is 2. The van der Waals surface area contributed by atoms with Crippen LogP contribution < -0.4 is 16.2 Å². The van der Waals surface area contributed by atoms with Crippen LogP contribution in [0.3, 0.4) is 0 Å². The molecule has 0 bridgehead atoms. The summed E-state index contributed by atoms with van der Waals surface area (Å²) in [5, 5.41) is 2.17. The summed E-state index contributed by atoms with van der Waals surface area (Å²) in [6.45, 7) is 5.35. The van der Waals surface area contributed by atoms with Crippen molar-refractivity contribution in [3.05, 3.63) is 51.5 Å². The van der Waals surface area contributed by atoms with Crippen LogP contribution in [0.5, 0.6) is 5.75 Å². The quantitative estimate of drug-likeness (QED) is 0.591. The molecule has 3 aromatic rings. The zero-order valence-corrected chi connectivity index (χ0v) is 18.4. The molecule has 2 aromatic carbocycles. The summed E-state index contributed by atoms with van der Waals surface area (Å²) in [6, 6.07) is 9.57. The molecule has 6 nitrogen and oxygen atoms in total. The van der Waals surface area contributed by atoms with Gasteiger partial charge in [-0.25, -0.2) is 4.98 Å². The number of hydrogen-bond donors (Lipinski definition) is 2. The largest absolute Gasteiger partial charge is 0.492 e. The van der Waals surface area contributed by atoms with E-state index in [1.807, 2.05) is 37.3 Å². The van der Waals surface area contributed by atoms with Crippen LogP contribution >= 0.6 is 23.2 Å². The van der Waals surface area contributed by atoms with E-state index >= 15 is 0 Å². The number of rotatable bonds is 5. The van der Waals surface area contributed by atoms with E-state index in [9.17, 15) is 0 Å². The lowest BCUT2D eigenvalue weighted by molar-refractivity contribution is 0.137. The van der Waals surface area contributed by atoms with E-state index in [1.54, 1.807) is 0 Å². The molecule has 0 aliphatic carbocycles. The number of ether oxygens (including phenoxy) is 1. The highest BCUT2D eigenvalue weighted by Crippen LogP contribution is 2.32. The van der Waals surface area contributed by atoms with E-state index in [1.165, 1.54) is 0 Å². The maximum absolute atomic E-state index is 6.32. The number of nitrogens with zero attached hydrogens (tertiary/aromatic N) is 3. The Morgan fingerprint density at radius 3 is 2.50 bits per heavy atom. The summed E-state index contributed by atoms with van der Waals surface area (Å²) in [5.74, 6) is 1.70.